The Hall–Kier alpha value is -11.0. The van der Waals surface area contributed by atoms with E-state index in [9.17, 15) is 0 Å². The van der Waals surface area contributed by atoms with Gasteiger partial charge in [-0.05, 0) is 53.6 Å². The quantitative estimate of drug-likeness (QED) is 0.0802. The van der Waals surface area contributed by atoms with Crippen LogP contribution in [-0.4, -0.2) is 45.6 Å². The van der Waals surface area contributed by atoms with E-state index >= 15 is 0 Å². The summed E-state index contributed by atoms with van der Waals surface area (Å²) in [6, 6.07) is 122. The van der Waals surface area contributed by atoms with E-state index in [1.807, 2.05) is 18.2 Å². The summed E-state index contributed by atoms with van der Waals surface area (Å²) in [6.07, 6.45) is 0. The Morgan fingerprint density at radius 2 is 0.494 bits per heavy atom. The van der Waals surface area contributed by atoms with Gasteiger partial charge in [-0.3, -0.25) is 4.57 Å². The third-order valence-corrected chi connectivity index (χ3v) is 26.5. The van der Waals surface area contributed by atoms with Crippen molar-refractivity contribution >= 4 is 79.4 Å². The van der Waals surface area contributed by atoms with E-state index in [0.717, 1.165) is 61.1 Å². The zero-order chi connectivity index (χ0) is 58.0. The number of hydrogen-bond donors (Lipinski definition) is 0. The van der Waals surface area contributed by atoms with Crippen LogP contribution in [-0.2, 0) is 0 Å². The number of fused-ring (bicyclic) bond motifs is 3. The second kappa shape index (κ2) is 22.9. The first kappa shape index (κ1) is 52.7. The fourth-order valence-electron chi connectivity index (χ4n) is 13.0. The number of rotatable bonds is 14. The highest BCUT2D eigenvalue weighted by Gasteiger charge is 2.43. The van der Waals surface area contributed by atoms with Gasteiger partial charge in [0.2, 0.25) is 0 Å². The maximum absolute atomic E-state index is 5.54. The number of para-hydroxylation sites is 2. The molecule has 15 rings (SSSR count). The summed E-state index contributed by atoms with van der Waals surface area (Å²) in [6.45, 7) is 0. The molecule has 0 spiro atoms. The van der Waals surface area contributed by atoms with Crippen molar-refractivity contribution in [2.75, 3.05) is 0 Å². The largest absolute Gasteiger partial charge is 0.294 e. The van der Waals surface area contributed by atoms with Crippen molar-refractivity contribution in [2.24, 2.45) is 0 Å². The van der Waals surface area contributed by atoms with Crippen LogP contribution in [0.1, 0.15) is 0 Å². The van der Waals surface area contributed by atoms with E-state index in [1.165, 1.54) is 41.5 Å². The molecule has 0 bridgehead atoms. The average molecular weight is 1150 g/mol. The molecule has 0 aliphatic heterocycles. The van der Waals surface area contributed by atoms with Crippen molar-refractivity contribution in [1.29, 1.82) is 0 Å². The normalized spacial score (nSPS) is 11.7. The van der Waals surface area contributed by atoms with Crippen molar-refractivity contribution < 1.29 is 0 Å². The van der Waals surface area contributed by atoms with E-state index in [0.29, 0.717) is 23.3 Å². The van der Waals surface area contributed by atoms with Gasteiger partial charge in [0.25, 0.3) is 0 Å². The molecule has 0 fully saturated rings. The lowest BCUT2D eigenvalue weighted by Gasteiger charge is -2.34. The maximum atomic E-state index is 5.54. The van der Waals surface area contributed by atoms with Gasteiger partial charge in [-0.2, -0.15) is 0 Å². The van der Waals surface area contributed by atoms with Gasteiger partial charge in [0.15, 0.2) is 39.4 Å². The Balaban J connectivity index is 0.886. The highest BCUT2D eigenvalue weighted by atomic mass is 28.3. The Morgan fingerprint density at radius 3 is 0.897 bits per heavy atom. The van der Waals surface area contributed by atoms with Gasteiger partial charge in [-0.1, -0.05) is 322 Å². The molecule has 0 atom stereocenters. The summed E-state index contributed by atoms with van der Waals surface area (Å²) in [4.78, 5) is 26.9. The Bertz CT molecular complexity index is 4650. The molecule has 410 valence electrons. The first-order chi connectivity index (χ1) is 43.1. The zero-order valence-electron chi connectivity index (χ0n) is 47.5. The molecule has 0 unspecified atom stereocenters. The molecule has 15 aromatic rings. The van der Waals surface area contributed by atoms with E-state index < -0.39 is 16.1 Å². The molecule has 0 amide bonds. The Labute approximate surface area is 508 Å². The van der Waals surface area contributed by atoms with Crippen LogP contribution in [0.4, 0.5) is 0 Å². The van der Waals surface area contributed by atoms with E-state index in [-0.39, 0.29) is 0 Å². The van der Waals surface area contributed by atoms with Crippen LogP contribution in [0.15, 0.2) is 340 Å². The van der Waals surface area contributed by atoms with E-state index in [1.54, 1.807) is 0 Å². The summed E-state index contributed by atoms with van der Waals surface area (Å²) >= 11 is 0. The number of hydrogen-bond acceptors (Lipinski definition) is 5. The van der Waals surface area contributed by atoms with Crippen molar-refractivity contribution in [1.82, 2.24) is 29.5 Å². The fraction of sp³-hybridized carbons (Fsp3) is 0. The molecule has 87 heavy (non-hydrogen) atoms. The predicted octanol–water partition coefficient (Wildman–Crippen LogP) is 12.8. The second-order valence-corrected chi connectivity index (χ2v) is 29.5. The van der Waals surface area contributed by atoms with Crippen LogP contribution < -0.4 is 41.5 Å². The van der Waals surface area contributed by atoms with E-state index in [4.69, 9.17) is 24.9 Å². The van der Waals surface area contributed by atoms with Gasteiger partial charge < -0.3 is 0 Å². The summed E-state index contributed by atoms with van der Waals surface area (Å²) in [5.41, 5.74) is 7.47. The lowest BCUT2D eigenvalue weighted by Crippen LogP contribution is -2.74. The lowest BCUT2D eigenvalue weighted by atomic mass is 10.1. The smallest absolute Gasteiger partial charge is 0.179 e. The standard InChI is InChI=1S/C79H56N6Si2/c1-8-28-57(29-9-1)77-82-78(84-79(83-77)61-31-27-45-69(55-61)87(65-38-16-5-17-39-65,66-40-18-6-19-41-66)67-42-20-7-21-43-67)59-52-50-58(51-53-59)76-80-72(56-75(81-76)85-73-48-24-22-46-70(73)71-47-23-25-49-74(71)85)60-30-26-44-68(54-60)86(62-32-10-2-11-33-62,63-34-12-3-13-35-63)64-36-14-4-15-37-64/h1-56H. The van der Waals surface area contributed by atoms with Gasteiger partial charge in [-0.25, -0.2) is 24.9 Å². The summed E-state index contributed by atoms with van der Waals surface area (Å²) in [7, 11) is -5.76. The molecule has 0 saturated heterocycles. The fourth-order valence-corrected chi connectivity index (χ4v) is 22.6. The minimum absolute atomic E-state index is 0.564. The molecular formula is C79H56N6Si2. The maximum Gasteiger partial charge on any atom is 0.179 e. The van der Waals surface area contributed by atoms with Crippen LogP contribution in [0.25, 0.3) is 84.4 Å². The van der Waals surface area contributed by atoms with Gasteiger partial charge in [0, 0.05) is 44.7 Å². The molecule has 3 aromatic heterocycles. The predicted molar refractivity (Wildman–Crippen MR) is 364 cm³/mol. The van der Waals surface area contributed by atoms with Crippen molar-refractivity contribution in [3.05, 3.63) is 340 Å². The average Bonchev–Trinajstić information content (AvgIpc) is 1.75. The van der Waals surface area contributed by atoms with Crippen LogP contribution in [0.3, 0.4) is 0 Å². The molecule has 8 heteroatoms. The minimum atomic E-state index is -2.89. The van der Waals surface area contributed by atoms with Crippen LogP contribution in [0.5, 0.6) is 0 Å². The molecule has 3 heterocycles. The molecule has 0 aliphatic carbocycles. The third kappa shape index (κ3) is 9.50. The van der Waals surface area contributed by atoms with E-state index in [2.05, 4.69) is 326 Å². The molecule has 0 aliphatic rings. The molecule has 12 aromatic carbocycles. The number of nitrogens with zero attached hydrogens (tertiary/aromatic N) is 6. The molecule has 0 saturated carbocycles. The Kier molecular flexibility index (Phi) is 13.9. The number of aromatic nitrogens is 6. The monoisotopic (exact) mass is 1140 g/mol. The molecule has 6 nitrogen and oxygen atoms in total. The molecule has 0 radical (unpaired) electrons. The van der Waals surface area contributed by atoms with Gasteiger partial charge >= 0.3 is 0 Å². The summed E-state index contributed by atoms with van der Waals surface area (Å²) < 4.78 is 2.28. The molecular weight excluding hydrogens is 1090 g/mol. The third-order valence-electron chi connectivity index (χ3n) is 17.0. The van der Waals surface area contributed by atoms with Crippen molar-refractivity contribution in [2.45, 2.75) is 0 Å². The van der Waals surface area contributed by atoms with Gasteiger partial charge in [0.1, 0.15) is 5.82 Å². The summed E-state index contributed by atoms with van der Waals surface area (Å²) in [5, 5.41) is 12.6. The topological polar surface area (TPSA) is 69.4 Å². The van der Waals surface area contributed by atoms with Crippen molar-refractivity contribution in [3.8, 4) is 62.6 Å². The van der Waals surface area contributed by atoms with Crippen LogP contribution in [0.2, 0.25) is 0 Å². The first-order valence-electron chi connectivity index (χ1n) is 29.5. The first-order valence-corrected chi connectivity index (χ1v) is 33.5. The zero-order valence-corrected chi connectivity index (χ0v) is 49.5. The number of benzene rings is 12. The van der Waals surface area contributed by atoms with Crippen LogP contribution >= 0.6 is 0 Å². The van der Waals surface area contributed by atoms with Crippen LogP contribution in [0, 0.1) is 0 Å². The van der Waals surface area contributed by atoms with Crippen molar-refractivity contribution in [3.63, 3.8) is 0 Å². The second-order valence-electron chi connectivity index (χ2n) is 21.9. The Morgan fingerprint density at radius 1 is 0.207 bits per heavy atom. The lowest BCUT2D eigenvalue weighted by molar-refractivity contribution is 1.05. The molecule has 0 N–H and O–H groups in total. The SMILES string of the molecule is c1ccc(-c2nc(-c3ccc(-c4nc(-c5cccc([Si](c6ccccc6)(c6ccccc6)c6ccccc6)c5)cc(-n5c6ccccc6c6ccccc65)n4)cc3)nc(-c3cccc([Si](c4ccccc4)(c4ccccc4)c4ccccc4)c3)n2)cc1. The van der Waals surface area contributed by atoms with Gasteiger partial charge in [0.05, 0.1) is 16.7 Å². The minimum Gasteiger partial charge on any atom is -0.294 e. The summed E-state index contributed by atoms with van der Waals surface area (Å²) in [5.74, 6) is 3.12. The van der Waals surface area contributed by atoms with Gasteiger partial charge in [-0.15, -0.1) is 0 Å². The highest BCUT2D eigenvalue weighted by molar-refractivity contribution is 7.20. The highest BCUT2D eigenvalue weighted by Crippen LogP contribution is 2.34.